The van der Waals surface area contributed by atoms with Gasteiger partial charge in [-0.15, -0.1) is 21.5 Å². The highest BCUT2D eigenvalue weighted by molar-refractivity contribution is 7.15. The Hall–Kier alpha value is -3.07. The highest BCUT2D eigenvalue weighted by Gasteiger charge is 2.44. The van der Waals surface area contributed by atoms with Gasteiger partial charge in [0.25, 0.3) is 0 Å². The largest absolute Gasteiger partial charge is 0.444 e. The molecule has 7 nitrogen and oxygen atoms in total. The van der Waals surface area contributed by atoms with Crippen molar-refractivity contribution in [2.75, 3.05) is 13.1 Å². The van der Waals surface area contributed by atoms with E-state index >= 15 is 4.39 Å². The first-order valence-electron chi connectivity index (χ1n) is 14.3. The van der Waals surface area contributed by atoms with Gasteiger partial charge in [-0.1, -0.05) is 12.1 Å². The summed E-state index contributed by atoms with van der Waals surface area (Å²) in [6, 6.07) is 7.61. The normalized spacial score (nSPS) is 24.5. The average Bonchev–Trinajstić information content (AvgIpc) is 3.57. The molecule has 1 spiro atoms. The number of ether oxygens (including phenoxy) is 1. The smallest absolute Gasteiger partial charge is 0.410 e. The number of rotatable bonds is 2. The van der Waals surface area contributed by atoms with Gasteiger partial charge in [-0.05, 0) is 103 Å². The second-order valence-electron chi connectivity index (χ2n) is 12.8. The number of halogens is 1. The predicted octanol–water partition coefficient (Wildman–Crippen LogP) is 7.28. The van der Waals surface area contributed by atoms with Gasteiger partial charge in [-0.25, -0.2) is 9.18 Å². The van der Waals surface area contributed by atoms with Crippen molar-refractivity contribution in [3.8, 4) is 5.00 Å². The van der Waals surface area contributed by atoms with Crippen molar-refractivity contribution < 1.29 is 13.9 Å². The van der Waals surface area contributed by atoms with Crippen molar-refractivity contribution in [1.29, 1.82) is 0 Å². The van der Waals surface area contributed by atoms with Crippen LogP contribution in [0.2, 0.25) is 0 Å². The molecule has 1 aliphatic carbocycles. The summed E-state index contributed by atoms with van der Waals surface area (Å²) in [5.41, 5.74) is 3.02. The maximum Gasteiger partial charge on any atom is 0.410 e. The van der Waals surface area contributed by atoms with Gasteiger partial charge in [0.05, 0.1) is 5.71 Å². The third kappa shape index (κ3) is 4.86. The number of amides is 1. The molecule has 2 aromatic heterocycles. The minimum absolute atomic E-state index is 0.125. The molecule has 3 aromatic rings. The van der Waals surface area contributed by atoms with Gasteiger partial charge in [-0.2, -0.15) is 0 Å². The molecule has 0 radical (unpaired) electrons. The van der Waals surface area contributed by atoms with Crippen LogP contribution < -0.4 is 0 Å². The van der Waals surface area contributed by atoms with Gasteiger partial charge in [0.15, 0.2) is 5.82 Å². The highest BCUT2D eigenvalue weighted by atomic mass is 32.1. The molecule has 1 saturated heterocycles. The molecule has 9 heteroatoms. The Labute approximate surface area is 239 Å². The fraction of sp³-hybridized carbons (Fsp3) is 0.548. The van der Waals surface area contributed by atoms with Crippen molar-refractivity contribution >= 4 is 23.1 Å². The van der Waals surface area contributed by atoms with E-state index in [0.717, 1.165) is 89.1 Å². The van der Waals surface area contributed by atoms with Crippen molar-refractivity contribution in [2.45, 2.75) is 91.2 Å². The van der Waals surface area contributed by atoms with Crippen molar-refractivity contribution in [3.05, 3.63) is 63.3 Å². The number of thiophene rings is 1. The number of hydrogen-bond acceptors (Lipinski definition) is 6. The molecule has 212 valence electrons. The molecular weight excluding hydrogens is 525 g/mol. The average molecular weight is 564 g/mol. The summed E-state index contributed by atoms with van der Waals surface area (Å²) < 4.78 is 23.5. The number of nitrogens with zero attached hydrogens (tertiary/aromatic N) is 5. The van der Waals surface area contributed by atoms with E-state index in [1.165, 1.54) is 0 Å². The van der Waals surface area contributed by atoms with E-state index in [1.54, 1.807) is 17.4 Å². The topological polar surface area (TPSA) is 72.6 Å². The molecule has 1 saturated carbocycles. The van der Waals surface area contributed by atoms with Gasteiger partial charge >= 0.3 is 6.09 Å². The Morgan fingerprint density at radius 2 is 1.88 bits per heavy atom. The van der Waals surface area contributed by atoms with Crippen LogP contribution in [0.3, 0.4) is 0 Å². The highest BCUT2D eigenvalue weighted by Crippen LogP contribution is 2.49. The Balaban J connectivity index is 1.20. The summed E-state index contributed by atoms with van der Waals surface area (Å²) in [7, 11) is 0. The Kier molecular flexibility index (Phi) is 6.63. The number of hydrogen-bond donors (Lipinski definition) is 0. The van der Waals surface area contributed by atoms with Gasteiger partial charge in [0.2, 0.25) is 0 Å². The molecule has 6 rings (SSSR count). The minimum atomic E-state index is -0.490. The first-order valence-corrected chi connectivity index (χ1v) is 15.1. The molecule has 1 amide bonds. The lowest BCUT2D eigenvalue weighted by molar-refractivity contribution is 0.0260. The van der Waals surface area contributed by atoms with E-state index in [0.29, 0.717) is 0 Å². The molecule has 40 heavy (non-hydrogen) atoms. The van der Waals surface area contributed by atoms with E-state index in [4.69, 9.17) is 9.73 Å². The van der Waals surface area contributed by atoms with Crippen LogP contribution in [0.15, 0.2) is 29.3 Å². The molecule has 3 aliphatic rings. The van der Waals surface area contributed by atoms with Crippen molar-refractivity contribution in [1.82, 2.24) is 19.7 Å². The molecule has 0 bridgehead atoms. The van der Waals surface area contributed by atoms with Crippen LogP contribution in [0, 0.1) is 25.1 Å². The van der Waals surface area contributed by atoms with Crippen LogP contribution in [0.5, 0.6) is 0 Å². The Morgan fingerprint density at radius 1 is 1.12 bits per heavy atom. The summed E-state index contributed by atoms with van der Waals surface area (Å²) in [6.07, 6.45) is 4.63. The number of fused-ring (bicyclic) bond motifs is 3. The molecule has 1 aromatic carbocycles. The van der Waals surface area contributed by atoms with Crippen molar-refractivity contribution in [3.63, 3.8) is 0 Å². The number of aryl methyl sites for hydroxylation is 2. The zero-order valence-corrected chi connectivity index (χ0v) is 25.1. The molecule has 4 heterocycles. The minimum Gasteiger partial charge on any atom is -0.444 e. The summed E-state index contributed by atoms with van der Waals surface area (Å²) >= 11 is 1.68. The number of carbonyl (C=O) groups excluding carboxylic acids is 1. The molecule has 2 aliphatic heterocycles. The summed E-state index contributed by atoms with van der Waals surface area (Å²) in [4.78, 5) is 20.6. The molecule has 1 atom stereocenters. The molecular formula is C31H38FN5O2S. The van der Waals surface area contributed by atoms with Crippen LogP contribution in [0.25, 0.3) is 5.00 Å². The predicted molar refractivity (Wildman–Crippen MR) is 155 cm³/mol. The van der Waals surface area contributed by atoms with Crippen LogP contribution >= 0.6 is 11.3 Å². The molecule has 0 N–H and O–H groups in total. The lowest BCUT2D eigenvalue weighted by atomic mass is 9.68. The van der Waals surface area contributed by atoms with Crippen LogP contribution in [0.1, 0.15) is 105 Å². The first-order chi connectivity index (χ1) is 18.9. The maximum absolute atomic E-state index is 15.8. The zero-order valence-electron chi connectivity index (χ0n) is 24.3. The lowest BCUT2D eigenvalue weighted by Crippen LogP contribution is -2.37. The summed E-state index contributed by atoms with van der Waals surface area (Å²) in [5.74, 6) is 1.65. The summed E-state index contributed by atoms with van der Waals surface area (Å²) in [5, 5.41) is 9.73. The van der Waals surface area contributed by atoms with Crippen LogP contribution in [0.4, 0.5) is 9.18 Å². The van der Waals surface area contributed by atoms with Gasteiger partial charge < -0.3 is 9.64 Å². The third-order valence-corrected chi connectivity index (χ3v) is 9.73. The molecule has 2 fully saturated rings. The SMILES string of the molecule is Cc1cc2c(s1)-n1c(C)nnc1[C@H](C)N=C2c1ccc(C2CCC3(CC2)CCN(C(=O)OC(C)(C)C)C3)c(F)c1. The Morgan fingerprint density at radius 3 is 2.58 bits per heavy atom. The van der Waals surface area contributed by atoms with Crippen molar-refractivity contribution in [2.24, 2.45) is 10.4 Å². The van der Waals surface area contributed by atoms with Crippen LogP contribution in [-0.4, -0.2) is 50.2 Å². The number of likely N-dealkylation sites (tertiary alicyclic amines) is 1. The fourth-order valence-electron chi connectivity index (χ4n) is 6.66. The number of carbonyl (C=O) groups is 1. The zero-order chi connectivity index (χ0) is 28.4. The van der Waals surface area contributed by atoms with E-state index in [9.17, 15) is 4.79 Å². The number of benzene rings is 1. The van der Waals surface area contributed by atoms with E-state index < -0.39 is 5.60 Å². The van der Waals surface area contributed by atoms with Gasteiger partial charge in [0, 0.05) is 29.1 Å². The fourth-order valence-corrected chi connectivity index (χ4v) is 7.73. The van der Waals surface area contributed by atoms with Gasteiger partial charge in [-0.3, -0.25) is 9.56 Å². The second-order valence-corrected chi connectivity index (χ2v) is 14.1. The van der Waals surface area contributed by atoms with E-state index in [1.807, 2.05) is 51.7 Å². The van der Waals surface area contributed by atoms with E-state index in [-0.39, 0.29) is 29.3 Å². The first kappa shape index (κ1) is 27.1. The number of aromatic nitrogens is 3. The van der Waals surface area contributed by atoms with Gasteiger partial charge in [0.1, 0.15) is 28.3 Å². The summed E-state index contributed by atoms with van der Waals surface area (Å²) in [6.45, 7) is 13.2. The lowest BCUT2D eigenvalue weighted by Gasteiger charge is -2.37. The quantitative estimate of drug-likeness (QED) is 0.328. The maximum atomic E-state index is 15.8. The second kappa shape index (κ2) is 9.79. The molecule has 0 unspecified atom stereocenters. The standard InChI is InChI=1S/C31H38FN5O2S/c1-18-15-24-26(33-19(2)27-35-34-20(3)37(27)28(24)40-18)22-7-8-23(25(32)16-22)21-9-11-31(12-10-21)13-14-36(17-31)29(38)39-30(4,5)6/h7-8,15-16,19,21H,9-14,17H2,1-6H3/t19-,21?,31?/m0/s1. The van der Waals surface area contributed by atoms with Crippen LogP contribution in [-0.2, 0) is 4.74 Å². The third-order valence-electron chi connectivity index (χ3n) is 8.69. The Bertz CT molecular complexity index is 1490. The monoisotopic (exact) mass is 563 g/mol. The number of aliphatic imine (C=N–C) groups is 1. The van der Waals surface area contributed by atoms with E-state index in [2.05, 4.69) is 27.8 Å².